The normalized spacial score (nSPS) is 18.7. The lowest BCUT2D eigenvalue weighted by Gasteiger charge is -2.34. The van der Waals surface area contributed by atoms with Crippen molar-refractivity contribution in [2.75, 3.05) is 26.2 Å². The molecule has 108 valence electrons. The molecule has 0 spiro atoms. The SMILES string of the molecule is CCOC(=O)C1CNCCN1C(=O)c1ccc(Br)cn1. The lowest BCUT2D eigenvalue weighted by atomic mass is 10.1. The van der Waals surface area contributed by atoms with E-state index in [4.69, 9.17) is 4.74 Å². The molecule has 0 aliphatic carbocycles. The maximum Gasteiger partial charge on any atom is 0.330 e. The number of carbonyl (C=O) groups excluding carboxylic acids is 2. The molecule has 0 bridgehead atoms. The number of rotatable bonds is 3. The molecule has 1 aliphatic rings. The average Bonchev–Trinajstić information content (AvgIpc) is 2.47. The zero-order chi connectivity index (χ0) is 14.5. The summed E-state index contributed by atoms with van der Waals surface area (Å²) in [6.45, 7) is 3.56. The minimum Gasteiger partial charge on any atom is -0.464 e. The Bertz CT molecular complexity index is 492. The highest BCUT2D eigenvalue weighted by Gasteiger charge is 2.34. The summed E-state index contributed by atoms with van der Waals surface area (Å²) in [5.41, 5.74) is 0.324. The van der Waals surface area contributed by atoms with Crippen LogP contribution < -0.4 is 5.32 Å². The monoisotopic (exact) mass is 341 g/mol. The van der Waals surface area contributed by atoms with Crippen molar-refractivity contribution in [2.45, 2.75) is 13.0 Å². The molecule has 1 fully saturated rings. The summed E-state index contributed by atoms with van der Waals surface area (Å²) < 4.78 is 5.82. The van der Waals surface area contributed by atoms with Crippen LogP contribution in [0.4, 0.5) is 0 Å². The molecule has 0 aromatic carbocycles. The highest BCUT2D eigenvalue weighted by atomic mass is 79.9. The van der Waals surface area contributed by atoms with Crippen molar-refractivity contribution in [1.82, 2.24) is 15.2 Å². The molecule has 1 amide bonds. The van der Waals surface area contributed by atoms with Gasteiger partial charge >= 0.3 is 5.97 Å². The van der Waals surface area contributed by atoms with Gasteiger partial charge in [0.15, 0.2) is 0 Å². The molecule has 1 aromatic rings. The maximum absolute atomic E-state index is 12.4. The van der Waals surface area contributed by atoms with E-state index in [1.54, 1.807) is 25.3 Å². The smallest absolute Gasteiger partial charge is 0.330 e. The Kier molecular flexibility index (Phi) is 5.08. The summed E-state index contributed by atoms with van der Waals surface area (Å²) in [6.07, 6.45) is 1.56. The summed E-state index contributed by atoms with van der Waals surface area (Å²) >= 11 is 3.27. The van der Waals surface area contributed by atoms with Gasteiger partial charge in [-0.3, -0.25) is 4.79 Å². The number of hydrogen-bond donors (Lipinski definition) is 1. The number of pyridine rings is 1. The van der Waals surface area contributed by atoms with Crippen molar-refractivity contribution >= 4 is 27.8 Å². The number of halogens is 1. The second-order valence-electron chi connectivity index (χ2n) is 4.33. The summed E-state index contributed by atoms with van der Waals surface area (Å²) in [5, 5.41) is 3.10. The number of piperazine rings is 1. The van der Waals surface area contributed by atoms with E-state index < -0.39 is 6.04 Å². The van der Waals surface area contributed by atoms with Gasteiger partial charge in [0.25, 0.3) is 5.91 Å². The van der Waals surface area contributed by atoms with Crippen molar-refractivity contribution in [3.05, 3.63) is 28.5 Å². The molecule has 0 radical (unpaired) electrons. The van der Waals surface area contributed by atoms with Crippen molar-refractivity contribution in [2.24, 2.45) is 0 Å². The molecule has 0 saturated carbocycles. The van der Waals surface area contributed by atoms with Crippen LogP contribution in [0.5, 0.6) is 0 Å². The van der Waals surface area contributed by atoms with Crippen molar-refractivity contribution in [1.29, 1.82) is 0 Å². The lowest BCUT2D eigenvalue weighted by molar-refractivity contribution is -0.149. The van der Waals surface area contributed by atoms with Crippen LogP contribution in [0.1, 0.15) is 17.4 Å². The Labute approximate surface area is 125 Å². The number of ether oxygens (including phenoxy) is 1. The van der Waals surface area contributed by atoms with E-state index >= 15 is 0 Å². The van der Waals surface area contributed by atoms with Crippen LogP contribution >= 0.6 is 15.9 Å². The average molecular weight is 342 g/mol. The molecule has 2 heterocycles. The fourth-order valence-electron chi connectivity index (χ4n) is 2.05. The molecule has 1 atom stereocenters. The highest BCUT2D eigenvalue weighted by Crippen LogP contribution is 2.13. The number of amides is 1. The highest BCUT2D eigenvalue weighted by molar-refractivity contribution is 9.10. The van der Waals surface area contributed by atoms with Crippen LogP contribution in [0.2, 0.25) is 0 Å². The summed E-state index contributed by atoms with van der Waals surface area (Å²) in [5.74, 6) is -0.637. The second-order valence-corrected chi connectivity index (χ2v) is 5.25. The Morgan fingerprint density at radius 1 is 1.55 bits per heavy atom. The molecule has 6 nitrogen and oxygen atoms in total. The predicted octanol–water partition coefficient (Wildman–Crippen LogP) is 0.821. The van der Waals surface area contributed by atoms with Crippen molar-refractivity contribution in [3.8, 4) is 0 Å². The Morgan fingerprint density at radius 3 is 3.00 bits per heavy atom. The van der Waals surface area contributed by atoms with E-state index in [0.717, 1.165) is 4.47 Å². The number of hydrogen-bond acceptors (Lipinski definition) is 5. The first kappa shape index (κ1) is 14.9. The first-order valence-corrected chi connectivity index (χ1v) is 7.22. The van der Waals surface area contributed by atoms with Crippen LogP contribution in [0.25, 0.3) is 0 Å². The molecule has 1 aromatic heterocycles. The number of nitrogens with zero attached hydrogens (tertiary/aromatic N) is 2. The van der Waals surface area contributed by atoms with Crippen LogP contribution in [0.15, 0.2) is 22.8 Å². The third-order valence-corrected chi connectivity index (χ3v) is 3.48. The van der Waals surface area contributed by atoms with Gasteiger partial charge < -0.3 is 15.0 Å². The number of carbonyl (C=O) groups is 2. The Morgan fingerprint density at radius 2 is 2.35 bits per heavy atom. The molecule has 20 heavy (non-hydrogen) atoms. The zero-order valence-corrected chi connectivity index (χ0v) is 12.7. The predicted molar refractivity (Wildman–Crippen MR) is 76.3 cm³/mol. The number of esters is 1. The van der Waals surface area contributed by atoms with Gasteiger partial charge in [0.2, 0.25) is 0 Å². The lowest BCUT2D eigenvalue weighted by Crippen LogP contribution is -2.57. The largest absolute Gasteiger partial charge is 0.464 e. The number of aromatic nitrogens is 1. The first-order valence-electron chi connectivity index (χ1n) is 6.43. The molecule has 2 rings (SSSR count). The zero-order valence-electron chi connectivity index (χ0n) is 11.1. The van der Waals surface area contributed by atoms with Gasteiger partial charge in [-0.15, -0.1) is 0 Å². The maximum atomic E-state index is 12.4. The van der Waals surface area contributed by atoms with E-state index in [2.05, 4.69) is 26.2 Å². The summed E-state index contributed by atoms with van der Waals surface area (Å²) in [6, 6.07) is 2.79. The van der Waals surface area contributed by atoms with E-state index in [1.807, 2.05) is 0 Å². The number of nitrogens with one attached hydrogen (secondary N) is 1. The molecule has 1 N–H and O–H groups in total. The van der Waals surface area contributed by atoms with Gasteiger partial charge in [0.05, 0.1) is 6.61 Å². The van der Waals surface area contributed by atoms with Crippen LogP contribution in [-0.4, -0.2) is 54.0 Å². The minimum absolute atomic E-state index is 0.253. The van der Waals surface area contributed by atoms with E-state index in [1.165, 1.54) is 4.90 Å². The topological polar surface area (TPSA) is 71.5 Å². The van der Waals surface area contributed by atoms with Gasteiger partial charge in [-0.05, 0) is 35.0 Å². The van der Waals surface area contributed by atoms with Crippen LogP contribution in [-0.2, 0) is 9.53 Å². The minimum atomic E-state index is -0.596. The third-order valence-electron chi connectivity index (χ3n) is 3.01. The molecule has 1 saturated heterocycles. The molecule has 7 heteroatoms. The van der Waals surface area contributed by atoms with Crippen LogP contribution in [0, 0.1) is 0 Å². The Balaban J connectivity index is 2.16. The molecular formula is C13H16BrN3O3. The van der Waals surface area contributed by atoms with Gasteiger partial charge in [0, 0.05) is 30.3 Å². The first-order chi connectivity index (χ1) is 9.63. The second kappa shape index (κ2) is 6.81. The van der Waals surface area contributed by atoms with E-state index in [9.17, 15) is 9.59 Å². The molecule has 1 aliphatic heterocycles. The molecular weight excluding hydrogens is 326 g/mol. The molecule has 1 unspecified atom stereocenters. The van der Waals surface area contributed by atoms with Gasteiger partial charge in [-0.25, -0.2) is 9.78 Å². The van der Waals surface area contributed by atoms with Gasteiger partial charge in [0.1, 0.15) is 11.7 Å². The van der Waals surface area contributed by atoms with Gasteiger partial charge in [-0.1, -0.05) is 0 Å². The van der Waals surface area contributed by atoms with E-state index in [0.29, 0.717) is 31.9 Å². The van der Waals surface area contributed by atoms with Crippen molar-refractivity contribution in [3.63, 3.8) is 0 Å². The fourth-order valence-corrected chi connectivity index (χ4v) is 2.28. The van der Waals surface area contributed by atoms with E-state index in [-0.39, 0.29) is 11.9 Å². The quantitative estimate of drug-likeness (QED) is 0.824. The standard InChI is InChI=1S/C13H16BrN3O3/c1-2-20-13(19)11-8-15-5-6-17(11)12(18)10-4-3-9(14)7-16-10/h3-4,7,11,15H,2,5-6,8H2,1H3. The van der Waals surface area contributed by atoms with Crippen LogP contribution in [0.3, 0.4) is 0 Å². The summed E-state index contributed by atoms with van der Waals surface area (Å²) in [4.78, 5) is 30.0. The summed E-state index contributed by atoms with van der Waals surface area (Å²) in [7, 11) is 0. The van der Waals surface area contributed by atoms with Gasteiger partial charge in [-0.2, -0.15) is 0 Å². The Hall–Kier alpha value is -1.47. The van der Waals surface area contributed by atoms with Crippen molar-refractivity contribution < 1.29 is 14.3 Å². The third kappa shape index (κ3) is 3.34. The fraction of sp³-hybridized carbons (Fsp3) is 0.462.